The van der Waals surface area contributed by atoms with Gasteiger partial charge in [0.25, 0.3) is 5.91 Å². The van der Waals surface area contributed by atoms with Crippen molar-refractivity contribution in [2.45, 2.75) is 66.1 Å². The molecule has 7 nitrogen and oxygen atoms in total. The first-order valence-corrected chi connectivity index (χ1v) is 12.7. The van der Waals surface area contributed by atoms with Crippen LogP contribution in [0.1, 0.15) is 65.5 Å². The van der Waals surface area contributed by atoms with Crippen LogP contribution in [0.5, 0.6) is 0 Å². The van der Waals surface area contributed by atoms with Crippen molar-refractivity contribution in [3.63, 3.8) is 0 Å². The second kappa shape index (κ2) is 10.3. The van der Waals surface area contributed by atoms with Crippen LogP contribution in [0.2, 0.25) is 0 Å². The van der Waals surface area contributed by atoms with Gasteiger partial charge in [-0.2, -0.15) is 0 Å². The van der Waals surface area contributed by atoms with Crippen LogP contribution in [0, 0.1) is 20.8 Å². The smallest absolute Gasteiger partial charge is 0.251 e. The monoisotopic (exact) mass is 486 g/mol. The van der Waals surface area contributed by atoms with Crippen molar-refractivity contribution in [2.24, 2.45) is 0 Å². The summed E-state index contributed by atoms with van der Waals surface area (Å²) in [6.07, 6.45) is 2.85. The number of amides is 1. The molecule has 1 aliphatic rings. The Balaban J connectivity index is 1.47. The first-order valence-electron chi connectivity index (χ1n) is 12.7. The van der Waals surface area contributed by atoms with Crippen LogP contribution in [0.25, 0.3) is 0 Å². The van der Waals surface area contributed by atoms with Gasteiger partial charge in [-0.1, -0.05) is 13.0 Å². The van der Waals surface area contributed by atoms with Gasteiger partial charge < -0.3 is 16.0 Å². The number of fused-ring (bicyclic) bond motifs is 1. The van der Waals surface area contributed by atoms with Crippen molar-refractivity contribution >= 4 is 23.2 Å². The number of aromatic nitrogens is 2. The third-order valence-corrected chi connectivity index (χ3v) is 7.15. The maximum absolute atomic E-state index is 12.9. The molecule has 0 radical (unpaired) electrons. The largest absolute Gasteiger partial charge is 0.388 e. The van der Waals surface area contributed by atoms with Crippen LogP contribution in [-0.4, -0.2) is 40.4 Å². The first-order chi connectivity index (χ1) is 17.1. The van der Waals surface area contributed by atoms with Crippen LogP contribution in [0.3, 0.4) is 0 Å². The van der Waals surface area contributed by atoms with E-state index in [1.807, 2.05) is 38.4 Å². The first kappa shape index (κ1) is 25.6. The molecule has 3 aromatic rings. The topological polar surface area (TPSA) is 82.2 Å². The van der Waals surface area contributed by atoms with Gasteiger partial charge in [0, 0.05) is 54.9 Å². The highest BCUT2D eigenvalue weighted by atomic mass is 16.1. The molecule has 4 rings (SSSR count). The molecule has 0 fully saturated rings. The highest BCUT2D eigenvalue weighted by Gasteiger charge is 2.42. The average molecular weight is 487 g/mol. The number of anilines is 3. The molecule has 36 heavy (non-hydrogen) atoms. The predicted molar refractivity (Wildman–Crippen MR) is 147 cm³/mol. The number of nitrogens with one attached hydrogen (secondary N) is 3. The van der Waals surface area contributed by atoms with Gasteiger partial charge in [0.1, 0.15) is 0 Å². The van der Waals surface area contributed by atoms with E-state index >= 15 is 0 Å². The Kier molecular flexibility index (Phi) is 7.31. The number of carbonyl (C=O) groups excluding carboxylic acids is 1. The lowest BCUT2D eigenvalue weighted by molar-refractivity contribution is 0.0696. The van der Waals surface area contributed by atoms with Crippen LogP contribution in [-0.2, 0) is 12.1 Å². The molecule has 7 heteroatoms. The van der Waals surface area contributed by atoms with Gasteiger partial charge in [-0.15, -0.1) is 0 Å². The highest BCUT2D eigenvalue weighted by molar-refractivity contribution is 5.94. The van der Waals surface area contributed by atoms with E-state index in [0.29, 0.717) is 18.1 Å². The van der Waals surface area contributed by atoms with E-state index in [9.17, 15) is 4.79 Å². The molecular formula is C29H38N6O. The number of carbonyl (C=O) groups is 1. The summed E-state index contributed by atoms with van der Waals surface area (Å²) < 4.78 is 0. The van der Waals surface area contributed by atoms with Crippen LogP contribution >= 0.6 is 0 Å². The van der Waals surface area contributed by atoms with E-state index in [1.54, 1.807) is 0 Å². The van der Waals surface area contributed by atoms with E-state index < -0.39 is 0 Å². The lowest BCUT2D eigenvalue weighted by Gasteiger charge is -2.38. The molecule has 2 heterocycles. The number of aryl methyl sites for hydroxylation is 3. The lowest BCUT2D eigenvalue weighted by atomic mass is 9.98. The standard InChI is InChI=1S/C29H38N6O/c1-8-24(16-31-27(36)21-9-10-25(30-7)20(4)14-21)35-17-22-15-32-28(34-26(22)29(35,5)6)33-23-12-18(2)11-19(3)13-23/h9-15,24,30H,8,16-17H2,1-7H3,(H,31,36)(H,32,33,34). The summed E-state index contributed by atoms with van der Waals surface area (Å²) in [7, 11) is 1.89. The average Bonchev–Trinajstić information content (AvgIpc) is 3.08. The van der Waals surface area contributed by atoms with Crippen molar-refractivity contribution < 1.29 is 4.79 Å². The summed E-state index contributed by atoms with van der Waals surface area (Å²) in [5.41, 5.74) is 8.04. The molecule has 0 bridgehead atoms. The van der Waals surface area contributed by atoms with E-state index in [2.05, 4.69) is 78.7 Å². The molecule has 0 aliphatic carbocycles. The van der Waals surface area contributed by atoms with Crippen molar-refractivity contribution in [3.05, 3.63) is 76.1 Å². The fraction of sp³-hybridized carbons (Fsp3) is 0.414. The summed E-state index contributed by atoms with van der Waals surface area (Å²) >= 11 is 0. The molecule has 2 aromatic carbocycles. The van der Waals surface area contributed by atoms with E-state index in [4.69, 9.17) is 4.98 Å². The van der Waals surface area contributed by atoms with Crippen molar-refractivity contribution in [1.82, 2.24) is 20.2 Å². The molecular weight excluding hydrogens is 448 g/mol. The molecule has 0 saturated carbocycles. The molecule has 1 unspecified atom stereocenters. The maximum atomic E-state index is 12.9. The highest BCUT2D eigenvalue weighted by Crippen LogP contribution is 2.39. The quantitative estimate of drug-likeness (QED) is 0.393. The third kappa shape index (κ3) is 5.21. The van der Waals surface area contributed by atoms with Crippen LogP contribution < -0.4 is 16.0 Å². The zero-order valence-electron chi connectivity index (χ0n) is 22.5. The number of hydrogen-bond donors (Lipinski definition) is 3. The summed E-state index contributed by atoms with van der Waals surface area (Å²) in [4.78, 5) is 24.9. The van der Waals surface area contributed by atoms with Crippen LogP contribution in [0.4, 0.5) is 17.3 Å². The maximum Gasteiger partial charge on any atom is 0.251 e. The second-order valence-electron chi connectivity index (χ2n) is 10.3. The summed E-state index contributed by atoms with van der Waals surface area (Å²) in [5.74, 6) is 0.559. The van der Waals surface area contributed by atoms with Gasteiger partial charge in [0.2, 0.25) is 5.95 Å². The summed E-state index contributed by atoms with van der Waals surface area (Å²) in [6, 6.07) is 12.3. The van der Waals surface area contributed by atoms with E-state index in [1.165, 1.54) is 11.1 Å². The van der Waals surface area contributed by atoms with Gasteiger partial charge in [-0.25, -0.2) is 9.97 Å². The predicted octanol–water partition coefficient (Wildman–Crippen LogP) is 5.45. The van der Waals surface area contributed by atoms with Gasteiger partial charge in [-0.05, 0) is 88.1 Å². The fourth-order valence-electron chi connectivity index (χ4n) is 5.26. The fourth-order valence-corrected chi connectivity index (χ4v) is 5.26. The minimum Gasteiger partial charge on any atom is -0.388 e. The molecule has 3 N–H and O–H groups in total. The Bertz CT molecular complexity index is 1250. The molecule has 1 aliphatic heterocycles. The lowest BCUT2D eigenvalue weighted by Crippen LogP contribution is -2.48. The van der Waals surface area contributed by atoms with Gasteiger partial charge >= 0.3 is 0 Å². The Morgan fingerprint density at radius 2 is 1.83 bits per heavy atom. The number of benzene rings is 2. The number of hydrogen-bond acceptors (Lipinski definition) is 6. The van der Waals surface area contributed by atoms with E-state index in [-0.39, 0.29) is 17.5 Å². The molecule has 1 atom stereocenters. The Morgan fingerprint density at radius 3 is 2.47 bits per heavy atom. The molecule has 1 amide bonds. The molecule has 0 spiro atoms. The van der Waals surface area contributed by atoms with Gasteiger partial charge in [0.05, 0.1) is 11.2 Å². The van der Waals surface area contributed by atoms with Gasteiger partial charge in [0.15, 0.2) is 0 Å². The second-order valence-corrected chi connectivity index (χ2v) is 10.3. The SMILES string of the molecule is CCC(CNC(=O)c1ccc(NC)c(C)c1)N1Cc2cnc(Nc3cc(C)cc(C)c3)nc2C1(C)C. The zero-order valence-corrected chi connectivity index (χ0v) is 22.5. The minimum absolute atomic E-state index is 0.0477. The van der Waals surface area contributed by atoms with E-state index in [0.717, 1.165) is 41.2 Å². The van der Waals surface area contributed by atoms with Crippen molar-refractivity contribution in [3.8, 4) is 0 Å². The number of rotatable bonds is 8. The number of nitrogens with zero attached hydrogens (tertiary/aromatic N) is 3. The Hall–Kier alpha value is -3.45. The Morgan fingerprint density at radius 1 is 1.11 bits per heavy atom. The van der Waals surface area contributed by atoms with Gasteiger partial charge in [-0.3, -0.25) is 9.69 Å². The summed E-state index contributed by atoms with van der Waals surface area (Å²) in [5, 5.41) is 9.68. The Labute approximate surface area is 214 Å². The zero-order chi connectivity index (χ0) is 26.0. The molecule has 0 saturated heterocycles. The summed E-state index contributed by atoms with van der Waals surface area (Å²) in [6.45, 7) is 14.1. The molecule has 1 aromatic heterocycles. The van der Waals surface area contributed by atoms with Crippen molar-refractivity contribution in [2.75, 3.05) is 24.2 Å². The minimum atomic E-state index is -0.284. The van der Waals surface area contributed by atoms with Crippen LogP contribution in [0.15, 0.2) is 42.6 Å². The molecule has 190 valence electrons. The van der Waals surface area contributed by atoms with Crippen molar-refractivity contribution in [1.29, 1.82) is 0 Å². The third-order valence-electron chi connectivity index (χ3n) is 7.15. The normalized spacial score (nSPS) is 15.3.